The number of nitro groups is 1. The van der Waals surface area contributed by atoms with Gasteiger partial charge in [-0.2, -0.15) is 4.31 Å². The molecule has 0 radical (unpaired) electrons. The van der Waals surface area contributed by atoms with E-state index in [9.17, 15) is 23.3 Å². The summed E-state index contributed by atoms with van der Waals surface area (Å²) in [5.41, 5.74) is 0.522. The summed E-state index contributed by atoms with van der Waals surface area (Å²) in [6, 6.07) is 10.0. The number of hydrogen-bond acceptors (Lipinski definition) is 5. The number of hydrogen-bond donors (Lipinski definition) is 0. The van der Waals surface area contributed by atoms with Crippen molar-refractivity contribution in [3.8, 4) is 0 Å². The van der Waals surface area contributed by atoms with Crippen molar-refractivity contribution in [2.24, 2.45) is 11.8 Å². The number of piperidine rings is 1. The monoisotopic (exact) mass is 479 g/mol. The van der Waals surface area contributed by atoms with E-state index >= 15 is 0 Å². The highest BCUT2D eigenvalue weighted by molar-refractivity contribution is 7.89. The summed E-state index contributed by atoms with van der Waals surface area (Å²) in [6.07, 6.45) is 0.982. The van der Waals surface area contributed by atoms with Crippen LogP contribution in [0.15, 0.2) is 47.4 Å². The van der Waals surface area contributed by atoms with Gasteiger partial charge in [-0.05, 0) is 48.1 Å². The maximum Gasteiger partial charge on any atom is 0.269 e. The molecule has 0 aliphatic carbocycles. The molecule has 172 valence electrons. The smallest absolute Gasteiger partial charge is 0.269 e. The Kier molecular flexibility index (Phi) is 7.22. The van der Waals surface area contributed by atoms with E-state index in [-0.39, 0.29) is 34.5 Å². The van der Waals surface area contributed by atoms with Gasteiger partial charge in [-0.1, -0.05) is 31.5 Å². The van der Waals surface area contributed by atoms with E-state index in [0.717, 1.165) is 6.42 Å². The molecule has 1 heterocycles. The first-order valence-corrected chi connectivity index (χ1v) is 12.1. The molecule has 1 saturated heterocycles. The minimum absolute atomic E-state index is 0.0392. The van der Waals surface area contributed by atoms with Crippen molar-refractivity contribution in [2.75, 3.05) is 20.1 Å². The summed E-state index contributed by atoms with van der Waals surface area (Å²) in [5, 5.41) is 11.3. The van der Waals surface area contributed by atoms with Gasteiger partial charge in [0.05, 0.1) is 9.82 Å². The molecule has 10 heteroatoms. The number of non-ortho nitro benzene ring substituents is 1. The summed E-state index contributed by atoms with van der Waals surface area (Å²) in [5.74, 6) is 0.123. The third kappa shape index (κ3) is 5.28. The molecule has 3 rings (SSSR count). The quantitative estimate of drug-likeness (QED) is 0.456. The van der Waals surface area contributed by atoms with Gasteiger partial charge in [-0.15, -0.1) is 0 Å². The molecule has 0 aromatic heterocycles. The van der Waals surface area contributed by atoms with E-state index in [4.69, 9.17) is 11.6 Å². The predicted molar refractivity (Wildman–Crippen MR) is 122 cm³/mol. The highest BCUT2D eigenvalue weighted by atomic mass is 35.5. The van der Waals surface area contributed by atoms with Crippen molar-refractivity contribution in [3.63, 3.8) is 0 Å². The van der Waals surface area contributed by atoms with Gasteiger partial charge in [0, 0.05) is 49.4 Å². The van der Waals surface area contributed by atoms with Crippen LogP contribution in [0.1, 0.15) is 36.2 Å². The number of amides is 1. The minimum atomic E-state index is -3.72. The van der Waals surface area contributed by atoms with Crippen LogP contribution in [-0.4, -0.2) is 48.6 Å². The molecular formula is C22H26ClN3O5S. The van der Waals surface area contributed by atoms with Crippen LogP contribution in [0.3, 0.4) is 0 Å². The number of carbonyl (C=O) groups is 1. The lowest BCUT2D eigenvalue weighted by Crippen LogP contribution is -2.42. The number of nitrogens with zero attached hydrogens (tertiary/aromatic N) is 3. The fraction of sp³-hybridized carbons (Fsp3) is 0.409. The summed E-state index contributed by atoms with van der Waals surface area (Å²) in [4.78, 5) is 24.9. The van der Waals surface area contributed by atoms with Gasteiger partial charge >= 0.3 is 0 Å². The summed E-state index contributed by atoms with van der Waals surface area (Å²) in [7, 11) is -2.19. The molecule has 0 spiro atoms. The first-order chi connectivity index (χ1) is 15.0. The molecule has 32 heavy (non-hydrogen) atoms. The lowest BCUT2D eigenvalue weighted by atomic mass is 9.94. The second-order valence-corrected chi connectivity index (χ2v) is 10.8. The molecular weight excluding hydrogens is 454 g/mol. The molecule has 2 aromatic rings. The van der Waals surface area contributed by atoms with E-state index < -0.39 is 20.9 Å². The molecule has 0 N–H and O–H groups in total. The lowest BCUT2D eigenvalue weighted by Gasteiger charge is -2.34. The topological polar surface area (TPSA) is 101 Å². The van der Waals surface area contributed by atoms with E-state index in [2.05, 4.69) is 0 Å². The van der Waals surface area contributed by atoms with Crippen molar-refractivity contribution in [1.29, 1.82) is 0 Å². The molecule has 0 saturated carbocycles. The van der Waals surface area contributed by atoms with Gasteiger partial charge in [0.1, 0.15) is 0 Å². The Morgan fingerprint density at radius 1 is 1.19 bits per heavy atom. The van der Waals surface area contributed by atoms with Gasteiger partial charge in [-0.3, -0.25) is 14.9 Å². The Morgan fingerprint density at radius 3 is 2.47 bits per heavy atom. The van der Waals surface area contributed by atoms with E-state index in [0.29, 0.717) is 23.7 Å². The summed E-state index contributed by atoms with van der Waals surface area (Å²) >= 11 is 6.14. The van der Waals surface area contributed by atoms with E-state index in [1.54, 1.807) is 12.1 Å². The number of sulfonamides is 1. The largest absolute Gasteiger partial charge is 0.337 e. The van der Waals surface area contributed by atoms with Crippen molar-refractivity contribution >= 4 is 33.2 Å². The number of benzene rings is 2. The van der Waals surface area contributed by atoms with Crippen molar-refractivity contribution in [1.82, 2.24) is 9.21 Å². The first kappa shape index (κ1) is 24.2. The molecule has 2 aromatic carbocycles. The molecule has 1 aliphatic heterocycles. The van der Waals surface area contributed by atoms with Crippen LogP contribution in [0.4, 0.5) is 5.69 Å². The van der Waals surface area contributed by atoms with E-state index in [1.165, 1.54) is 46.6 Å². The third-order valence-corrected chi connectivity index (χ3v) is 7.74. The average Bonchev–Trinajstić information content (AvgIpc) is 2.74. The summed E-state index contributed by atoms with van der Waals surface area (Å²) in [6.45, 7) is 5.02. The standard InChI is InChI=1S/C22H26ClN3O5S/c1-15-9-16(2)13-25(12-15)32(30,31)20-6-4-5-17(11-20)22(27)24(3)14-18-10-19(26(28)29)7-8-21(18)23/h4-8,10-11,15-16H,9,12-14H2,1-3H3. The molecule has 1 aliphatic rings. The fourth-order valence-corrected chi connectivity index (χ4v) is 5.99. The Hall–Kier alpha value is -2.49. The fourth-order valence-electron chi connectivity index (χ4n) is 4.08. The van der Waals surface area contributed by atoms with Crippen LogP contribution in [0.25, 0.3) is 0 Å². The zero-order valence-electron chi connectivity index (χ0n) is 18.2. The highest BCUT2D eigenvalue weighted by Gasteiger charge is 2.32. The zero-order chi connectivity index (χ0) is 23.6. The van der Waals surface area contributed by atoms with Crippen LogP contribution >= 0.6 is 11.6 Å². The number of carbonyl (C=O) groups excluding carboxylic acids is 1. The Labute approximate surface area is 193 Å². The zero-order valence-corrected chi connectivity index (χ0v) is 19.8. The van der Waals surface area contributed by atoms with Crippen LogP contribution in [0, 0.1) is 22.0 Å². The highest BCUT2D eigenvalue weighted by Crippen LogP contribution is 2.28. The Morgan fingerprint density at radius 2 is 1.84 bits per heavy atom. The molecule has 0 bridgehead atoms. The summed E-state index contributed by atoms with van der Waals surface area (Å²) < 4.78 is 27.8. The first-order valence-electron chi connectivity index (χ1n) is 10.3. The van der Waals surface area contributed by atoms with E-state index in [1.807, 2.05) is 13.8 Å². The number of nitro benzene ring substituents is 1. The van der Waals surface area contributed by atoms with Crippen molar-refractivity contribution < 1.29 is 18.1 Å². The molecule has 8 nitrogen and oxygen atoms in total. The van der Waals surface area contributed by atoms with Crippen molar-refractivity contribution in [3.05, 3.63) is 68.7 Å². The van der Waals surface area contributed by atoms with Gasteiger partial charge in [-0.25, -0.2) is 8.42 Å². The molecule has 1 fully saturated rings. The Balaban J connectivity index is 1.82. The van der Waals surface area contributed by atoms with Crippen LogP contribution in [0.5, 0.6) is 0 Å². The van der Waals surface area contributed by atoms with Crippen molar-refractivity contribution in [2.45, 2.75) is 31.7 Å². The van der Waals surface area contributed by atoms with Crippen LogP contribution in [0.2, 0.25) is 5.02 Å². The number of halogens is 1. The average molecular weight is 480 g/mol. The van der Waals surface area contributed by atoms with Gasteiger partial charge in [0.15, 0.2) is 0 Å². The molecule has 2 atom stereocenters. The number of rotatable bonds is 6. The van der Waals surface area contributed by atoms with Gasteiger partial charge in [0.2, 0.25) is 10.0 Å². The second-order valence-electron chi connectivity index (χ2n) is 8.49. The Bertz CT molecular complexity index is 1130. The second kappa shape index (κ2) is 9.56. The van der Waals surface area contributed by atoms with Gasteiger partial charge in [0.25, 0.3) is 11.6 Å². The predicted octanol–water partition coefficient (Wildman–Crippen LogP) is 4.19. The molecule has 2 unspecified atom stereocenters. The lowest BCUT2D eigenvalue weighted by molar-refractivity contribution is -0.384. The molecule has 1 amide bonds. The maximum absolute atomic E-state index is 13.2. The van der Waals surface area contributed by atoms with Gasteiger partial charge < -0.3 is 4.90 Å². The maximum atomic E-state index is 13.2. The minimum Gasteiger partial charge on any atom is -0.337 e. The van der Waals surface area contributed by atoms with Crippen LogP contribution in [-0.2, 0) is 16.6 Å². The van der Waals surface area contributed by atoms with Crippen LogP contribution < -0.4 is 0 Å². The normalized spacial score (nSPS) is 19.5. The SMILES string of the molecule is CC1CC(C)CN(S(=O)(=O)c2cccc(C(=O)N(C)Cc3cc([N+](=O)[O-])ccc3Cl)c2)C1. The third-order valence-electron chi connectivity index (χ3n) is 5.55.